The maximum absolute atomic E-state index is 12.4. The quantitative estimate of drug-likeness (QED) is 0.256. The summed E-state index contributed by atoms with van der Waals surface area (Å²) < 4.78 is 5.56. The van der Waals surface area contributed by atoms with Crippen LogP contribution in [0.15, 0.2) is 15.5 Å². The van der Waals surface area contributed by atoms with Gasteiger partial charge < -0.3 is 25.1 Å². The van der Waals surface area contributed by atoms with Gasteiger partial charge in [-0.05, 0) is 46.6 Å². The third-order valence-electron chi connectivity index (χ3n) is 6.37. The molecule has 3 rings (SSSR count). The number of halogens is 1. The fourth-order valence-corrected chi connectivity index (χ4v) is 4.26. The van der Waals surface area contributed by atoms with Gasteiger partial charge in [-0.25, -0.2) is 4.99 Å². The second kappa shape index (κ2) is 12.2. The summed E-state index contributed by atoms with van der Waals surface area (Å²) in [6.07, 6.45) is 3.35. The van der Waals surface area contributed by atoms with Crippen LogP contribution in [0.1, 0.15) is 50.2 Å². The molecule has 8 nitrogen and oxygen atoms in total. The van der Waals surface area contributed by atoms with E-state index in [1.165, 1.54) is 6.42 Å². The van der Waals surface area contributed by atoms with Crippen LogP contribution in [0.4, 0.5) is 0 Å². The Balaban J connectivity index is 0.00000363. The summed E-state index contributed by atoms with van der Waals surface area (Å²) in [6.45, 7) is 13.7. The van der Waals surface area contributed by atoms with Crippen molar-refractivity contribution in [1.29, 1.82) is 0 Å². The van der Waals surface area contributed by atoms with Crippen molar-refractivity contribution in [2.24, 2.45) is 10.9 Å². The number of rotatable bonds is 8. The lowest BCUT2D eigenvalue weighted by atomic mass is 9.84. The van der Waals surface area contributed by atoms with E-state index in [2.05, 4.69) is 20.5 Å². The van der Waals surface area contributed by atoms with E-state index >= 15 is 0 Å². The van der Waals surface area contributed by atoms with Gasteiger partial charge in [-0.15, -0.1) is 24.0 Å². The smallest absolute Gasteiger partial charge is 0.225 e. The zero-order valence-electron chi connectivity index (χ0n) is 19.9. The Morgan fingerprint density at radius 1 is 1.25 bits per heavy atom. The lowest BCUT2D eigenvalue weighted by molar-refractivity contribution is -0.139. The minimum absolute atomic E-state index is 0. The fraction of sp³-hybridized carbons (Fsp3) is 0.739. The molecule has 1 saturated carbocycles. The molecule has 2 aliphatic rings. The first kappa shape index (κ1) is 26.9. The minimum atomic E-state index is -1.09. The first-order valence-corrected chi connectivity index (χ1v) is 11.6. The number of aryl methyl sites for hydroxylation is 2. The Bertz CT molecular complexity index is 768. The second-order valence-electron chi connectivity index (χ2n) is 9.02. The highest BCUT2D eigenvalue weighted by atomic mass is 127. The number of nitrogens with one attached hydrogen (secondary N) is 2. The van der Waals surface area contributed by atoms with Gasteiger partial charge in [-0.3, -0.25) is 9.69 Å². The van der Waals surface area contributed by atoms with Crippen molar-refractivity contribution in [1.82, 2.24) is 20.4 Å². The van der Waals surface area contributed by atoms with Gasteiger partial charge in [0.15, 0.2) is 5.96 Å². The average molecular weight is 562 g/mol. The van der Waals surface area contributed by atoms with Gasteiger partial charge in [0.2, 0.25) is 5.91 Å². The van der Waals surface area contributed by atoms with E-state index in [-0.39, 0.29) is 30.5 Å². The third-order valence-corrected chi connectivity index (χ3v) is 6.37. The zero-order valence-corrected chi connectivity index (χ0v) is 22.3. The standard InChI is InChI=1S/C23H39N5O3.HI/c1-5-24-22(26-16-23(4,30)20-15-17(2)31-18(20)3)25-9-10-27-11-13-28(14-12-27)21(29)19-7-6-8-19;/h15,19,30H,5-14,16H2,1-4H3,(H2,24,25,26);1H. The van der Waals surface area contributed by atoms with Crippen LogP contribution in [-0.2, 0) is 10.4 Å². The summed E-state index contributed by atoms with van der Waals surface area (Å²) in [4.78, 5) is 21.4. The normalized spacial score (nSPS) is 19.7. The van der Waals surface area contributed by atoms with Crippen molar-refractivity contribution in [3.8, 4) is 0 Å². The van der Waals surface area contributed by atoms with Crippen molar-refractivity contribution in [2.75, 3.05) is 52.4 Å². The molecule has 3 N–H and O–H groups in total. The summed E-state index contributed by atoms with van der Waals surface area (Å²) in [5.74, 6) is 2.86. The van der Waals surface area contributed by atoms with Crippen LogP contribution in [0.5, 0.6) is 0 Å². The van der Waals surface area contributed by atoms with Gasteiger partial charge in [0.05, 0.1) is 6.54 Å². The maximum Gasteiger partial charge on any atom is 0.225 e. The largest absolute Gasteiger partial charge is 0.466 e. The van der Waals surface area contributed by atoms with Gasteiger partial charge in [-0.1, -0.05) is 6.42 Å². The molecular formula is C23H40IN5O3. The van der Waals surface area contributed by atoms with Crippen molar-refractivity contribution >= 4 is 35.8 Å². The number of piperazine rings is 1. The van der Waals surface area contributed by atoms with Gasteiger partial charge >= 0.3 is 0 Å². The lowest BCUT2D eigenvalue weighted by Gasteiger charge is -2.38. The van der Waals surface area contributed by atoms with Crippen LogP contribution in [0.3, 0.4) is 0 Å². The summed E-state index contributed by atoms with van der Waals surface area (Å²) in [5, 5.41) is 17.5. The molecule has 32 heavy (non-hydrogen) atoms. The first-order valence-electron chi connectivity index (χ1n) is 11.6. The molecular weight excluding hydrogens is 521 g/mol. The molecule has 0 aromatic carbocycles. The highest BCUT2D eigenvalue weighted by Crippen LogP contribution is 2.29. The maximum atomic E-state index is 12.4. The summed E-state index contributed by atoms with van der Waals surface area (Å²) in [5.41, 5.74) is -0.313. The van der Waals surface area contributed by atoms with Crippen LogP contribution in [0.25, 0.3) is 0 Å². The van der Waals surface area contributed by atoms with E-state index in [0.717, 1.165) is 75.7 Å². The van der Waals surface area contributed by atoms with Crippen LogP contribution in [0, 0.1) is 19.8 Å². The van der Waals surface area contributed by atoms with Crippen molar-refractivity contribution in [2.45, 2.75) is 52.6 Å². The molecule has 2 heterocycles. The number of amides is 1. The molecule has 2 fully saturated rings. The van der Waals surface area contributed by atoms with Gasteiger partial charge in [0.25, 0.3) is 0 Å². The highest BCUT2D eigenvalue weighted by Gasteiger charge is 2.31. The van der Waals surface area contributed by atoms with E-state index in [0.29, 0.717) is 17.8 Å². The third kappa shape index (κ3) is 7.08. The summed E-state index contributed by atoms with van der Waals surface area (Å²) in [7, 11) is 0. The molecule has 0 radical (unpaired) electrons. The van der Waals surface area contributed by atoms with Crippen molar-refractivity contribution < 1.29 is 14.3 Å². The first-order chi connectivity index (χ1) is 14.8. The number of carbonyl (C=O) groups excluding carboxylic acids is 1. The Morgan fingerprint density at radius 2 is 1.94 bits per heavy atom. The molecule has 9 heteroatoms. The van der Waals surface area contributed by atoms with E-state index in [1.807, 2.05) is 31.7 Å². The second-order valence-corrected chi connectivity index (χ2v) is 9.02. The Labute approximate surface area is 209 Å². The van der Waals surface area contributed by atoms with Crippen LogP contribution >= 0.6 is 24.0 Å². The molecule has 0 spiro atoms. The monoisotopic (exact) mass is 561 g/mol. The molecule has 1 aromatic rings. The van der Waals surface area contributed by atoms with E-state index < -0.39 is 5.60 Å². The van der Waals surface area contributed by atoms with Crippen LogP contribution < -0.4 is 10.6 Å². The Morgan fingerprint density at radius 3 is 2.47 bits per heavy atom. The number of carbonyl (C=O) groups is 1. The molecule has 1 unspecified atom stereocenters. The van der Waals surface area contributed by atoms with Crippen molar-refractivity contribution in [3.63, 3.8) is 0 Å². The Hall–Kier alpha value is -1.33. The number of hydrogen-bond acceptors (Lipinski definition) is 5. The fourth-order valence-electron chi connectivity index (χ4n) is 4.26. The van der Waals surface area contributed by atoms with Gasteiger partial charge in [0, 0.05) is 57.3 Å². The predicted molar refractivity (Wildman–Crippen MR) is 138 cm³/mol. The molecule has 1 aromatic heterocycles. The SMILES string of the molecule is CCNC(=NCC(C)(O)c1cc(C)oc1C)NCCN1CCN(C(=O)C2CCC2)CC1.I. The summed E-state index contributed by atoms with van der Waals surface area (Å²) in [6, 6.07) is 1.88. The zero-order chi connectivity index (χ0) is 22.4. The number of furan rings is 1. The number of aliphatic imine (C=N–C) groups is 1. The minimum Gasteiger partial charge on any atom is -0.466 e. The highest BCUT2D eigenvalue weighted by molar-refractivity contribution is 14.0. The van der Waals surface area contributed by atoms with E-state index in [4.69, 9.17) is 4.42 Å². The average Bonchev–Trinajstić information content (AvgIpc) is 3.04. The number of guanidine groups is 1. The topological polar surface area (TPSA) is 93.3 Å². The van der Waals surface area contributed by atoms with E-state index in [1.54, 1.807) is 6.92 Å². The number of aliphatic hydroxyl groups is 1. The molecule has 1 atom stereocenters. The predicted octanol–water partition coefficient (Wildman–Crippen LogP) is 2.22. The summed E-state index contributed by atoms with van der Waals surface area (Å²) >= 11 is 0. The van der Waals surface area contributed by atoms with E-state index in [9.17, 15) is 9.90 Å². The molecule has 1 amide bonds. The lowest BCUT2D eigenvalue weighted by Crippen LogP contribution is -2.52. The molecule has 182 valence electrons. The van der Waals surface area contributed by atoms with Gasteiger partial charge in [0.1, 0.15) is 17.1 Å². The Kier molecular flexibility index (Phi) is 10.3. The molecule has 1 saturated heterocycles. The van der Waals surface area contributed by atoms with Gasteiger partial charge in [-0.2, -0.15) is 0 Å². The molecule has 1 aliphatic heterocycles. The van der Waals surface area contributed by atoms with Crippen LogP contribution in [-0.4, -0.2) is 79.1 Å². The van der Waals surface area contributed by atoms with Crippen LogP contribution in [0.2, 0.25) is 0 Å². The number of nitrogens with zero attached hydrogens (tertiary/aromatic N) is 3. The number of hydrogen-bond donors (Lipinski definition) is 3. The van der Waals surface area contributed by atoms with Crippen molar-refractivity contribution in [3.05, 3.63) is 23.2 Å². The molecule has 1 aliphatic carbocycles. The molecule has 0 bridgehead atoms.